The highest BCUT2D eigenvalue weighted by atomic mass is 14.9. The van der Waals surface area contributed by atoms with Gasteiger partial charge in [0.05, 0.1) is 0 Å². The third-order valence-corrected chi connectivity index (χ3v) is 2.17. The highest BCUT2D eigenvalue weighted by Gasteiger charge is 1.91. The van der Waals surface area contributed by atoms with Crippen molar-refractivity contribution >= 4 is 0 Å². The first-order chi connectivity index (χ1) is 6.66. The van der Waals surface area contributed by atoms with Crippen LogP contribution in [-0.4, -0.2) is 12.6 Å². The standard InChI is InChI=1S/C13H25N/c1-5-6-7-9-13(4)10-8-11-14-12(2)3/h5,10,12,14H,1,6-9,11H2,2-4H3. The molecule has 0 aliphatic carbocycles. The summed E-state index contributed by atoms with van der Waals surface area (Å²) in [6.45, 7) is 11.4. The van der Waals surface area contributed by atoms with Gasteiger partial charge in [-0.3, -0.25) is 0 Å². The van der Waals surface area contributed by atoms with Gasteiger partial charge in [-0.2, -0.15) is 0 Å². The zero-order chi connectivity index (χ0) is 10.8. The second-order valence-corrected chi connectivity index (χ2v) is 4.13. The normalized spacial score (nSPS) is 12.1. The van der Waals surface area contributed by atoms with E-state index < -0.39 is 0 Å². The number of hydrogen-bond acceptors (Lipinski definition) is 1. The zero-order valence-corrected chi connectivity index (χ0v) is 9.97. The van der Waals surface area contributed by atoms with Crippen LogP contribution in [0, 0.1) is 0 Å². The summed E-state index contributed by atoms with van der Waals surface area (Å²) in [4.78, 5) is 0. The van der Waals surface area contributed by atoms with Crippen LogP contribution in [0.15, 0.2) is 24.3 Å². The van der Waals surface area contributed by atoms with Crippen LogP contribution in [0.1, 0.15) is 46.5 Å². The van der Waals surface area contributed by atoms with Crippen molar-refractivity contribution in [1.29, 1.82) is 0 Å². The number of hydrogen-bond donors (Lipinski definition) is 1. The van der Waals surface area contributed by atoms with Gasteiger partial charge in [-0.1, -0.05) is 31.6 Å². The Morgan fingerprint density at radius 3 is 2.64 bits per heavy atom. The third kappa shape index (κ3) is 9.53. The quantitative estimate of drug-likeness (QED) is 0.460. The molecular formula is C13H25N. The molecule has 0 heterocycles. The Morgan fingerprint density at radius 2 is 2.07 bits per heavy atom. The summed E-state index contributed by atoms with van der Waals surface area (Å²) in [7, 11) is 0. The van der Waals surface area contributed by atoms with Crippen LogP contribution in [0.25, 0.3) is 0 Å². The monoisotopic (exact) mass is 195 g/mol. The second kappa shape index (κ2) is 9.01. The first-order valence-electron chi connectivity index (χ1n) is 5.66. The van der Waals surface area contributed by atoms with Crippen LogP contribution < -0.4 is 5.32 Å². The molecule has 1 nitrogen and oxygen atoms in total. The Labute approximate surface area is 89.3 Å². The average Bonchev–Trinajstić information content (AvgIpc) is 2.13. The Morgan fingerprint density at radius 1 is 1.36 bits per heavy atom. The van der Waals surface area contributed by atoms with E-state index >= 15 is 0 Å². The molecular weight excluding hydrogens is 170 g/mol. The predicted molar refractivity (Wildman–Crippen MR) is 65.6 cm³/mol. The van der Waals surface area contributed by atoms with Crippen LogP contribution in [0.4, 0.5) is 0 Å². The maximum absolute atomic E-state index is 3.72. The first-order valence-corrected chi connectivity index (χ1v) is 5.66. The Bertz CT molecular complexity index is 168. The third-order valence-electron chi connectivity index (χ3n) is 2.17. The minimum Gasteiger partial charge on any atom is -0.314 e. The van der Waals surface area contributed by atoms with E-state index in [4.69, 9.17) is 0 Å². The molecule has 0 radical (unpaired) electrons. The molecule has 0 saturated carbocycles. The number of allylic oxidation sites excluding steroid dienone is 2. The van der Waals surface area contributed by atoms with Crippen molar-refractivity contribution in [1.82, 2.24) is 5.32 Å². The molecule has 0 aliphatic rings. The van der Waals surface area contributed by atoms with Gasteiger partial charge in [-0.05, 0) is 39.2 Å². The number of unbranched alkanes of at least 4 members (excludes halogenated alkanes) is 1. The van der Waals surface area contributed by atoms with Crippen LogP contribution in [0.3, 0.4) is 0 Å². The fourth-order valence-electron chi connectivity index (χ4n) is 1.32. The maximum Gasteiger partial charge on any atom is 0.00105 e. The minimum atomic E-state index is 0.601. The number of nitrogens with one attached hydrogen (secondary N) is 1. The van der Waals surface area contributed by atoms with Gasteiger partial charge in [0.2, 0.25) is 0 Å². The summed E-state index contributed by atoms with van der Waals surface area (Å²) in [5.41, 5.74) is 1.51. The van der Waals surface area contributed by atoms with Gasteiger partial charge in [-0.25, -0.2) is 0 Å². The molecule has 0 spiro atoms. The molecule has 1 heteroatoms. The Balaban J connectivity index is 3.41. The molecule has 0 aromatic carbocycles. The molecule has 0 amide bonds. The van der Waals surface area contributed by atoms with E-state index in [9.17, 15) is 0 Å². The lowest BCUT2D eigenvalue weighted by Gasteiger charge is -2.06. The maximum atomic E-state index is 3.72. The van der Waals surface area contributed by atoms with Crippen LogP contribution in [-0.2, 0) is 0 Å². The summed E-state index contributed by atoms with van der Waals surface area (Å²) in [5.74, 6) is 0. The Kier molecular flexibility index (Phi) is 8.65. The number of rotatable bonds is 8. The highest BCUT2D eigenvalue weighted by molar-refractivity contribution is 4.98. The van der Waals surface area contributed by atoms with E-state index in [1.807, 2.05) is 6.08 Å². The van der Waals surface area contributed by atoms with Gasteiger partial charge in [0.15, 0.2) is 0 Å². The second-order valence-electron chi connectivity index (χ2n) is 4.13. The van der Waals surface area contributed by atoms with E-state index in [1.54, 1.807) is 0 Å². The summed E-state index contributed by atoms with van der Waals surface area (Å²) in [6.07, 6.45) is 9.08. The van der Waals surface area contributed by atoms with E-state index in [1.165, 1.54) is 18.4 Å². The topological polar surface area (TPSA) is 12.0 Å². The van der Waals surface area contributed by atoms with Crippen LogP contribution in [0.5, 0.6) is 0 Å². The van der Waals surface area contributed by atoms with Crippen LogP contribution >= 0.6 is 0 Å². The Hall–Kier alpha value is -0.560. The van der Waals surface area contributed by atoms with E-state index in [0.717, 1.165) is 19.4 Å². The molecule has 0 fully saturated rings. The molecule has 82 valence electrons. The van der Waals surface area contributed by atoms with Crippen molar-refractivity contribution in [2.75, 3.05) is 6.54 Å². The molecule has 14 heavy (non-hydrogen) atoms. The molecule has 1 N–H and O–H groups in total. The van der Waals surface area contributed by atoms with Gasteiger partial charge >= 0.3 is 0 Å². The van der Waals surface area contributed by atoms with Gasteiger partial charge in [0.1, 0.15) is 0 Å². The minimum absolute atomic E-state index is 0.601. The van der Waals surface area contributed by atoms with E-state index in [0.29, 0.717) is 6.04 Å². The summed E-state index contributed by atoms with van der Waals surface area (Å²) < 4.78 is 0. The highest BCUT2D eigenvalue weighted by Crippen LogP contribution is 2.07. The largest absolute Gasteiger partial charge is 0.314 e. The van der Waals surface area contributed by atoms with Crippen molar-refractivity contribution < 1.29 is 0 Å². The molecule has 0 aromatic rings. The lowest BCUT2D eigenvalue weighted by Crippen LogP contribution is -2.23. The molecule has 0 bridgehead atoms. The van der Waals surface area contributed by atoms with E-state index in [-0.39, 0.29) is 0 Å². The van der Waals surface area contributed by atoms with Crippen LogP contribution in [0.2, 0.25) is 0 Å². The fourth-order valence-corrected chi connectivity index (χ4v) is 1.32. The fraction of sp³-hybridized carbons (Fsp3) is 0.692. The molecule has 0 aromatic heterocycles. The van der Waals surface area contributed by atoms with Gasteiger partial charge in [-0.15, -0.1) is 6.58 Å². The molecule has 0 unspecified atom stereocenters. The van der Waals surface area contributed by atoms with Gasteiger partial charge in [0.25, 0.3) is 0 Å². The lowest BCUT2D eigenvalue weighted by molar-refractivity contribution is 0.593. The van der Waals surface area contributed by atoms with Crippen molar-refractivity contribution in [2.24, 2.45) is 0 Å². The molecule has 0 rings (SSSR count). The van der Waals surface area contributed by atoms with Gasteiger partial charge < -0.3 is 5.32 Å². The summed E-state index contributed by atoms with van der Waals surface area (Å²) >= 11 is 0. The predicted octanol–water partition coefficient (Wildman–Crippen LogP) is 3.68. The lowest BCUT2D eigenvalue weighted by atomic mass is 10.1. The summed E-state index contributed by atoms with van der Waals surface area (Å²) in [5, 5.41) is 3.41. The first kappa shape index (κ1) is 13.4. The average molecular weight is 195 g/mol. The molecule has 0 atom stereocenters. The smallest absolute Gasteiger partial charge is 0.00105 e. The van der Waals surface area contributed by atoms with Crippen molar-refractivity contribution in [2.45, 2.75) is 52.5 Å². The summed E-state index contributed by atoms with van der Waals surface area (Å²) in [6, 6.07) is 0.601. The van der Waals surface area contributed by atoms with Crippen molar-refractivity contribution in [3.05, 3.63) is 24.3 Å². The molecule has 0 aliphatic heterocycles. The SMILES string of the molecule is C=CCCCC(C)=CCCNC(C)C. The van der Waals surface area contributed by atoms with Crippen molar-refractivity contribution in [3.63, 3.8) is 0 Å². The van der Waals surface area contributed by atoms with Gasteiger partial charge in [0, 0.05) is 6.04 Å². The van der Waals surface area contributed by atoms with Crippen molar-refractivity contribution in [3.8, 4) is 0 Å². The zero-order valence-electron chi connectivity index (χ0n) is 9.97. The molecule has 0 saturated heterocycles. The van der Waals surface area contributed by atoms with E-state index in [2.05, 4.69) is 38.7 Å².